The zero-order valence-electron chi connectivity index (χ0n) is 22.4. The molecule has 3 aromatic carbocycles. The summed E-state index contributed by atoms with van der Waals surface area (Å²) >= 11 is 2.20. The van der Waals surface area contributed by atoms with Gasteiger partial charge in [-0.25, -0.2) is 4.39 Å². The molecule has 0 aliphatic carbocycles. The van der Waals surface area contributed by atoms with Crippen LogP contribution in [0.2, 0.25) is 0 Å². The second kappa shape index (κ2) is 13.5. The molecule has 0 aliphatic rings. The van der Waals surface area contributed by atoms with Crippen molar-refractivity contribution in [2.45, 2.75) is 46.0 Å². The first-order valence-corrected chi connectivity index (χ1v) is 13.4. The molecule has 0 heterocycles. The molecule has 9 heteroatoms. The highest BCUT2D eigenvalue weighted by Gasteiger charge is 2.23. The molecule has 0 spiro atoms. The van der Waals surface area contributed by atoms with Crippen LogP contribution in [0.4, 0.5) is 10.1 Å². The highest BCUT2D eigenvalue weighted by molar-refractivity contribution is 14.1. The Hall–Kier alpha value is -3.47. The van der Waals surface area contributed by atoms with E-state index < -0.39 is 18.2 Å². The Bertz CT molecular complexity index is 1300. The number of carbonyl (C=O) groups excluding carboxylic acids is 3. The van der Waals surface area contributed by atoms with Gasteiger partial charge in [-0.1, -0.05) is 18.2 Å². The summed E-state index contributed by atoms with van der Waals surface area (Å²) in [5, 5.41) is 2.78. The molecular formula is C30H32FIN2O5. The van der Waals surface area contributed by atoms with Gasteiger partial charge in [0.05, 0.1) is 13.5 Å². The average molecular weight is 646 g/mol. The van der Waals surface area contributed by atoms with E-state index in [-0.39, 0.29) is 31.3 Å². The number of carbonyl (C=O) groups is 3. The lowest BCUT2D eigenvalue weighted by Crippen LogP contribution is -2.38. The topological polar surface area (TPSA) is 84.9 Å². The third-order valence-electron chi connectivity index (χ3n) is 5.64. The number of anilines is 1. The van der Waals surface area contributed by atoms with Gasteiger partial charge in [-0.2, -0.15) is 0 Å². The second-order valence-electron chi connectivity index (χ2n) is 9.94. The molecule has 3 aromatic rings. The van der Waals surface area contributed by atoms with E-state index in [0.29, 0.717) is 28.1 Å². The molecule has 7 nitrogen and oxygen atoms in total. The monoisotopic (exact) mass is 646 g/mol. The summed E-state index contributed by atoms with van der Waals surface area (Å²) in [5.41, 5.74) is 2.01. The van der Waals surface area contributed by atoms with E-state index in [2.05, 4.69) is 27.9 Å². The number of ether oxygens (including phenoxy) is 2. The Kier molecular flexibility index (Phi) is 10.4. The third kappa shape index (κ3) is 9.35. The summed E-state index contributed by atoms with van der Waals surface area (Å²) in [6.45, 7) is 4.63. The Morgan fingerprint density at radius 3 is 2.21 bits per heavy atom. The van der Waals surface area contributed by atoms with Crippen LogP contribution >= 0.6 is 22.6 Å². The first-order valence-electron chi connectivity index (χ1n) is 12.3. The van der Waals surface area contributed by atoms with Gasteiger partial charge in [0.1, 0.15) is 24.6 Å². The lowest BCUT2D eigenvalue weighted by Gasteiger charge is -2.25. The molecule has 0 aliphatic heterocycles. The van der Waals surface area contributed by atoms with Crippen LogP contribution in [-0.4, -0.2) is 41.9 Å². The van der Waals surface area contributed by atoms with Crippen molar-refractivity contribution >= 4 is 46.1 Å². The lowest BCUT2D eigenvalue weighted by molar-refractivity contribution is -0.155. The molecule has 0 saturated carbocycles. The van der Waals surface area contributed by atoms with Crippen LogP contribution in [0.3, 0.4) is 0 Å². The number of esters is 1. The number of benzene rings is 3. The summed E-state index contributed by atoms with van der Waals surface area (Å²) in [5.74, 6) is -0.645. The number of hydrogen-bond acceptors (Lipinski definition) is 5. The summed E-state index contributed by atoms with van der Waals surface area (Å²) < 4.78 is 25.0. The van der Waals surface area contributed by atoms with Crippen molar-refractivity contribution in [2.75, 3.05) is 19.0 Å². The van der Waals surface area contributed by atoms with E-state index in [1.807, 2.05) is 24.3 Å². The summed E-state index contributed by atoms with van der Waals surface area (Å²) in [6.07, 6.45) is -0.0103. The van der Waals surface area contributed by atoms with Crippen LogP contribution in [-0.2, 0) is 34.0 Å². The van der Waals surface area contributed by atoms with E-state index >= 15 is 0 Å². The highest BCUT2D eigenvalue weighted by Crippen LogP contribution is 2.21. The standard InChI is InChI=1S/C30H32FIN2O5/c1-30(2,3)39-28(36)19-34(18-20-5-10-24(32)11-6-20)29(37)21-7-12-25(13-8-21)33-27(35)16-22-9-14-26(38-4)15-23(22)17-31/h5-15H,16-19H2,1-4H3,(H,33,35). The zero-order chi connectivity index (χ0) is 28.6. The van der Waals surface area contributed by atoms with Crippen molar-refractivity contribution in [1.82, 2.24) is 4.90 Å². The van der Waals surface area contributed by atoms with Gasteiger partial charge in [-0.15, -0.1) is 0 Å². The minimum Gasteiger partial charge on any atom is -0.497 e. The van der Waals surface area contributed by atoms with E-state index in [0.717, 1.165) is 9.13 Å². The largest absolute Gasteiger partial charge is 0.497 e. The van der Waals surface area contributed by atoms with Gasteiger partial charge < -0.3 is 19.7 Å². The minimum atomic E-state index is -0.710. The van der Waals surface area contributed by atoms with E-state index in [4.69, 9.17) is 9.47 Å². The molecule has 2 amide bonds. The first-order chi connectivity index (χ1) is 18.5. The molecule has 0 radical (unpaired) electrons. The number of methoxy groups -OCH3 is 1. The summed E-state index contributed by atoms with van der Waals surface area (Å²) in [6, 6.07) is 19.0. The Morgan fingerprint density at radius 1 is 0.949 bits per heavy atom. The van der Waals surface area contributed by atoms with Crippen molar-refractivity contribution < 1.29 is 28.2 Å². The number of nitrogens with zero attached hydrogens (tertiary/aromatic N) is 1. The molecule has 1 N–H and O–H groups in total. The molecule has 0 saturated heterocycles. The van der Waals surface area contributed by atoms with Crippen LogP contribution < -0.4 is 10.1 Å². The maximum absolute atomic E-state index is 13.4. The van der Waals surface area contributed by atoms with E-state index in [1.165, 1.54) is 12.0 Å². The third-order valence-corrected chi connectivity index (χ3v) is 6.36. The zero-order valence-corrected chi connectivity index (χ0v) is 24.6. The van der Waals surface area contributed by atoms with Crippen LogP contribution in [0.15, 0.2) is 66.7 Å². The van der Waals surface area contributed by atoms with Crippen LogP contribution in [0.1, 0.15) is 47.8 Å². The quantitative estimate of drug-likeness (QED) is 0.218. The normalized spacial score (nSPS) is 11.0. The van der Waals surface area contributed by atoms with Gasteiger partial charge in [0, 0.05) is 21.4 Å². The Morgan fingerprint density at radius 2 is 1.62 bits per heavy atom. The van der Waals surface area contributed by atoms with Crippen molar-refractivity contribution in [1.29, 1.82) is 0 Å². The maximum Gasteiger partial charge on any atom is 0.326 e. The summed E-state index contributed by atoms with van der Waals surface area (Å²) in [7, 11) is 1.50. The molecule has 206 valence electrons. The fraction of sp³-hybridized carbons (Fsp3) is 0.300. The van der Waals surface area contributed by atoms with Gasteiger partial charge in [0.15, 0.2) is 0 Å². The maximum atomic E-state index is 13.4. The molecule has 0 unspecified atom stereocenters. The average Bonchev–Trinajstić information content (AvgIpc) is 2.88. The van der Waals surface area contributed by atoms with Gasteiger partial charge in [-0.05, 0) is 109 Å². The lowest BCUT2D eigenvalue weighted by atomic mass is 10.0. The predicted molar refractivity (Wildman–Crippen MR) is 156 cm³/mol. The van der Waals surface area contributed by atoms with Crippen molar-refractivity contribution in [3.8, 4) is 5.75 Å². The Balaban J connectivity index is 1.71. The number of alkyl halides is 1. The molecule has 3 rings (SSSR count). The van der Waals surface area contributed by atoms with Crippen molar-refractivity contribution in [3.63, 3.8) is 0 Å². The fourth-order valence-electron chi connectivity index (χ4n) is 3.82. The Labute approximate surface area is 241 Å². The molecule has 0 atom stereocenters. The number of rotatable bonds is 10. The van der Waals surface area contributed by atoms with Crippen LogP contribution in [0.25, 0.3) is 0 Å². The minimum absolute atomic E-state index is 0.0103. The van der Waals surface area contributed by atoms with Crippen molar-refractivity contribution in [2.24, 2.45) is 0 Å². The number of hydrogen-bond donors (Lipinski definition) is 1. The van der Waals surface area contributed by atoms with Gasteiger partial charge >= 0.3 is 5.97 Å². The number of amides is 2. The van der Waals surface area contributed by atoms with Gasteiger partial charge in [0.25, 0.3) is 5.91 Å². The molecular weight excluding hydrogens is 614 g/mol. The molecule has 0 fully saturated rings. The van der Waals surface area contributed by atoms with E-state index in [9.17, 15) is 18.8 Å². The number of halogens is 2. The number of nitrogens with one attached hydrogen (secondary N) is 1. The molecule has 0 aromatic heterocycles. The highest BCUT2D eigenvalue weighted by atomic mass is 127. The van der Waals surface area contributed by atoms with Crippen molar-refractivity contribution in [3.05, 3.63) is 92.6 Å². The summed E-state index contributed by atoms with van der Waals surface area (Å²) in [4.78, 5) is 40.0. The van der Waals surface area contributed by atoms with Gasteiger partial charge in [0.2, 0.25) is 5.91 Å². The fourth-order valence-corrected chi connectivity index (χ4v) is 4.18. The van der Waals surface area contributed by atoms with Crippen LogP contribution in [0.5, 0.6) is 5.75 Å². The molecule has 0 bridgehead atoms. The van der Waals surface area contributed by atoms with Gasteiger partial charge in [-0.3, -0.25) is 14.4 Å². The SMILES string of the molecule is COc1ccc(CC(=O)Nc2ccc(C(=O)N(CC(=O)OC(C)(C)C)Cc3ccc(I)cc3)cc2)c(CF)c1. The smallest absolute Gasteiger partial charge is 0.326 e. The molecule has 39 heavy (non-hydrogen) atoms. The van der Waals surface area contributed by atoms with Crippen LogP contribution in [0, 0.1) is 3.57 Å². The van der Waals surface area contributed by atoms with E-state index in [1.54, 1.807) is 63.2 Å². The first kappa shape index (κ1) is 30.1. The second-order valence-corrected chi connectivity index (χ2v) is 11.2. The predicted octanol–water partition coefficient (Wildman–Crippen LogP) is 5.93.